The number of phosphoric ester groups is 3. The molecule has 0 aromatic carbocycles. The molecule has 30 heteroatoms. The Morgan fingerprint density at radius 2 is 1.73 bits per heavy atom. The van der Waals surface area contributed by atoms with Gasteiger partial charge < -0.3 is 59.5 Å². The molecular weight excluding hydrogens is 809 g/mol. The summed E-state index contributed by atoms with van der Waals surface area (Å²) >= 11 is 3.95. The summed E-state index contributed by atoms with van der Waals surface area (Å²) in [6.07, 6.45) is -6.65. The Kier molecular flexibility index (Phi) is 20.9. The third kappa shape index (κ3) is 15.8. The predicted octanol–water partition coefficient (Wildman–Crippen LogP) is -7.76. The molecule has 1 aliphatic heterocycles. The maximum atomic E-state index is 12.6. The number of rotatable bonds is 21. The smallest absolute Gasteiger partial charge is 0.756 e. The van der Waals surface area contributed by atoms with Gasteiger partial charge in [-0.1, -0.05) is 20.8 Å². The number of nitrogens with one attached hydrogen (secondary N) is 3. The average Bonchev–Trinajstić information content (AvgIpc) is 3.61. The van der Waals surface area contributed by atoms with E-state index >= 15 is 0 Å². The number of anilines is 1. The molecule has 1 fully saturated rings. The van der Waals surface area contributed by atoms with E-state index < -0.39 is 78.6 Å². The van der Waals surface area contributed by atoms with Crippen LogP contribution < -0.4 is 63.5 Å². The minimum atomic E-state index is -5.85. The van der Waals surface area contributed by atoms with Crippen LogP contribution in [0.4, 0.5) is 5.82 Å². The van der Waals surface area contributed by atoms with Crippen molar-refractivity contribution in [3.8, 4) is 0 Å². The van der Waals surface area contributed by atoms with Crippen molar-refractivity contribution in [2.24, 2.45) is 5.41 Å². The Labute approximate surface area is 343 Å². The Hall–Kier alpha value is -1.25. The summed E-state index contributed by atoms with van der Waals surface area (Å²) in [6, 6.07) is 0. The molecule has 3 amide bonds. The molecule has 0 aliphatic carbocycles. The summed E-state index contributed by atoms with van der Waals surface area (Å²) < 4.78 is 61.4. The molecule has 24 nitrogen and oxygen atoms in total. The van der Waals surface area contributed by atoms with Crippen molar-refractivity contribution in [2.75, 3.05) is 37.4 Å². The molecule has 3 heterocycles. The fraction of sp³-hybridized carbons (Fsp3) is 0.680. The monoisotopic (exact) mass is 849 g/mol. The summed E-state index contributed by atoms with van der Waals surface area (Å²) in [7, 11) is -17.0. The Bertz CT molecular complexity index is 1760. The van der Waals surface area contributed by atoms with E-state index in [1.165, 1.54) is 13.8 Å². The number of ether oxygens (including phenoxy) is 1. The van der Waals surface area contributed by atoms with Gasteiger partial charge in [0.1, 0.15) is 30.7 Å². The maximum Gasteiger partial charge on any atom is 1.00 e. The van der Waals surface area contributed by atoms with Gasteiger partial charge in [0.15, 0.2) is 23.2 Å². The van der Waals surface area contributed by atoms with Crippen molar-refractivity contribution in [1.82, 2.24) is 30.2 Å². The number of aromatic nitrogens is 4. The van der Waals surface area contributed by atoms with E-state index in [-0.39, 0.29) is 85.9 Å². The first-order valence-electron chi connectivity index (χ1n) is 15.6. The van der Waals surface area contributed by atoms with E-state index in [4.69, 9.17) is 4.74 Å². The Morgan fingerprint density at radius 1 is 1.05 bits per heavy atom. The molecule has 55 heavy (non-hydrogen) atoms. The summed E-state index contributed by atoms with van der Waals surface area (Å²) in [5.74, 6) is -1.35. The molecule has 300 valence electrons. The van der Waals surface area contributed by atoms with Gasteiger partial charge in [0, 0.05) is 37.1 Å². The molecule has 0 spiro atoms. The third-order valence-electron chi connectivity index (χ3n) is 7.21. The first-order chi connectivity index (χ1) is 24.6. The normalized spacial score (nSPS) is 22.2. The van der Waals surface area contributed by atoms with E-state index in [0.29, 0.717) is 18.7 Å². The molecular formula is C25H40Li2N7O17P3S. The fourth-order valence-corrected chi connectivity index (χ4v) is 7.51. The van der Waals surface area contributed by atoms with Gasteiger partial charge in [0.05, 0.1) is 19.5 Å². The second-order valence-corrected chi connectivity index (χ2v) is 16.6. The largest absolute Gasteiger partial charge is 1.00 e. The summed E-state index contributed by atoms with van der Waals surface area (Å²) in [5, 5.41) is 28.8. The van der Waals surface area contributed by atoms with Crippen molar-refractivity contribution in [1.29, 1.82) is 0 Å². The zero-order valence-corrected chi connectivity index (χ0v) is 33.9. The zero-order valence-electron chi connectivity index (χ0n) is 30.4. The standard InChI is InChI=1S/C25H42N7O17P3S.2Li/c1-4-5-16(34)31-21-17-22(29-12-28-21)32(13-30-17)24-18(35)19(48-50(38,39)40)14(47-24)10-45-51(41,42)49-52(43,44)46-11-25(2,3)20(36)23(37)27-7-6-15(33)26-8-9-53;;/h12-14,18-20,24,35-36,53H,4-11H2,1-3H3,(H,26,33)(H,27,37)(H,41,42)(H,43,44)(H2,38,39,40)(H,28,29,31,34);;/q;2*+1/p-2/t14-,18-,19-,20+,24-;;/m1../s1. The van der Waals surface area contributed by atoms with Gasteiger partial charge >= 0.3 is 45.5 Å². The average molecular weight is 849 g/mol. The van der Waals surface area contributed by atoms with E-state index in [0.717, 1.165) is 17.2 Å². The molecule has 8 atom stereocenters. The van der Waals surface area contributed by atoms with Gasteiger partial charge in [-0.25, -0.2) is 23.8 Å². The first kappa shape index (κ1) is 51.8. The van der Waals surface area contributed by atoms with Crippen molar-refractivity contribution >= 4 is 70.8 Å². The van der Waals surface area contributed by atoms with E-state index in [2.05, 4.69) is 61.4 Å². The number of phosphoric acid groups is 3. The maximum absolute atomic E-state index is 12.6. The van der Waals surface area contributed by atoms with Crippen LogP contribution in [0.25, 0.3) is 11.2 Å². The molecule has 1 aliphatic rings. The van der Waals surface area contributed by atoms with Gasteiger partial charge in [0.2, 0.25) is 17.7 Å². The minimum absolute atomic E-state index is 0. The van der Waals surface area contributed by atoms with Crippen LogP contribution in [0.3, 0.4) is 0 Å². The topological polar surface area (TPSA) is 355 Å². The van der Waals surface area contributed by atoms with Gasteiger partial charge in [-0.2, -0.15) is 12.6 Å². The molecule has 3 unspecified atom stereocenters. The van der Waals surface area contributed by atoms with Crippen molar-refractivity contribution in [3.05, 3.63) is 12.7 Å². The Balaban J connectivity index is 0.00000756. The number of amides is 3. The van der Waals surface area contributed by atoms with Crippen LogP contribution in [0.5, 0.6) is 0 Å². The van der Waals surface area contributed by atoms with Crippen molar-refractivity contribution in [3.63, 3.8) is 0 Å². The van der Waals surface area contributed by atoms with Crippen LogP contribution in [-0.4, -0.2) is 114 Å². The predicted molar refractivity (Wildman–Crippen MR) is 178 cm³/mol. The fourth-order valence-electron chi connectivity index (χ4n) is 4.62. The van der Waals surface area contributed by atoms with Crippen molar-refractivity contribution < 1.29 is 118 Å². The molecule has 3 rings (SSSR count). The first-order valence-corrected chi connectivity index (χ1v) is 20.7. The summed E-state index contributed by atoms with van der Waals surface area (Å²) in [4.78, 5) is 91.8. The number of carbonyl (C=O) groups is 3. The quantitative estimate of drug-likeness (QED) is 0.0328. The van der Waals surface area contributed by atoms with E-state index in [1.54, 1.807) is 6.92 Å². The SMILES string of the molecule is CCCC(=O)Nc1ncnc2c1ncn2[C@@H]1O[C@H](COP(=O)([O-])OP(=O)(O)OCC(C)(C)[C@@H](O)C(=O)NCCC(=O)NCCS)[C@@H](OP(=O)([O-])O)[C@H]1O.[Li+].[Li+]. The third-order valence-corrected chi connectivity index (χ3v) is 10.5. The van der Waals surface area contributed by atoms with Crippen LogP contribution in [-0.2, 0) is 50.7 Å². The molecule has 0 radical (unpaired) electrons. The van der Waals surface area contributed by atoms with E-state index in [9.17, 15) is 57.9 Å². The summed E-state index contributed by atoms with van der Waals surface area (Å²) in [5.41, 5.74) is -1.64. The number of nitrogens with zero attached hydrogens (tertiary/aromatic N) is 4. The number of aliphatic hydroxyl groups excluding tert-OH is 2. The van der Waals surface area contributed by atoms with E-state index in [1.807, 2.05) is 0 Å². The van der Waals surface area contributed by atoms with Crippen LogP contribution in [0.15, 0.2) is 12.7 Å². The number of hydrogen-bond donors (Lipinski definition) is 8. The van der Waals surface area contributed by atoms with Crippen LogP contribution in [0.1, 0.15) is 46.3 Å². The molecule has 2 aromatic heterocycles. The second-order valence-electron chi connectivity index (χ2n) is 12.0. The second kappa shape index (κ2) is 22.2. The molecule has 1 saturated heterocycles. The molecule has 0 saturated carbocycles. The van der Waals surface area contributed by atoms with Crippen LogP contribution in [0, 0.1) is 5.41 Å². The van der Waals surface area contributed by atoms with Gasteiger partial charge in [0.25, 0.3) is 15.6 Å². The number of fused-ring (bicyclic) bond motifs is 1. The number of carbonyl (C=O) groups excluding carboxylic acids is 3. The van der Waals surface area contributed by atoms with Crippen LogP contribution >= 0.6 is 36.1 Å². The molecule has 2 aromatic rings. The number of imidazole rings is 1. The molecule has 7 N–H and O–H groups in total. The van der Waals surface area contributed by atoms with Gasteiger partial charge in [-0.3, -0.25) is 32.6 Å². The molecule has 0 bridgehead atoms. The minimum Gasteiger partial charge on any atom is -0.756 e. The van der Waals surface area contributed by atoms with Gasteiger partial charge in [-0.15, -0.1) is 0 Å². The number of aliphatic hydroxyl groups is 2. The van der Waals surface area contributed by atoms with Crippen LogP contribution in [0.2, 0.25) is 0 Å². The summed E-state index contributed by atoms with van der Waals surface area (Å²) in [6.45, 7) is 2.25. The van der Waals surface area contributed by atoms with Crippen molar-refractivity contribution in [2.45, 2.75) is 70.7 Å². The zero-order chi connectivity index (χ0) is 39.8. The number of hydrogen-bond acceptors (Lipinski definition) is 19. The van der Waals surface area contributed by atoms with Gasteiger partial charge in [-0.05, 0) is 6.42 Å². The Morgan fingerprint density at radius 3 is 2.35 bits per heavy atom. The number of thiol groups is 1.